The summed E-state index contributed by atoms with van der Waals surface area (Å²) in [6.07, 6.45) is 0. The molecule has 4 nitrogen and oxygen atoms in total. The molecule has 0 aliphatic heterocycles. The molecular formula is C9H20N2O2. The fourth-order valence-electron chi connectivity index (χ4n) is 0.972. The van der Waals surface area contributed by atoms with Crippen molar-refractivity contribution in [2.24, 2.45) is 0 Å². The normalized spacial score (nSPS) is 13.9. The van der Waals surface area contributed by atoms with E-state index in [4.69, 9.17) is 5.11 Å². The second kappa shape index (κ2) is 5.19. The largest absolute Gasteiger partial charge is 0.394 e. The summed E-state index contributed by atoms with van der Waals surface area (Å²) in [5.41, 5.74) is -0.571. The Labute approximate surface area is 79.7 Å². The summed E-state index contributed by atoms with van der Waals surface area (Å²) < 4.78 is 0. The van der Waals surface area contributed by atoms with Gasteiger partial charge in [-0.05, 0) is 27.3 Å². The standard InChI is InChI=1S/C9H20N2O2/c1-5-10-9(3,4)8(13)11-7(2)6-12/h7,10,12H,5-6H2,1-4H3,(H,11,13)/t7-/m0/s1. The molecule has 0 aliphatic rings. The third-order valence-corrected chi connectivity index (χ3v) is 1.84. The summed E-state index contributed by atoms with van der Waals surface area (Å²) in [7, 11) is 0. The lowest BCUT2D eigenvalue weighted by Crippen LogP contribution is -2.54. The highest BCUT2D eigenvalue weighted by Crippen LogP contribution is 2.01. The van der Waals surface area contributed by atoms with Gasteiger partial charge < -0.3 is 15.7 Å². The molecule has 0 fully saturated rings. The first-order valence-corrected chi connectivity index (χ1v) is 4.61. The van der Waals surface area contributed by atoms with Crippen LogP contribution in [-0.2, 0) is 4.79 Å². The first-order valence-electron chi connectivity index (χ1n) is 4.61. The zero-order chi connectivity index (χ0) is 10.5. The number of aliphatic hydroxyl groups excluding tert-OH is 1. The number of nitrogens with one attached hydrogen (secondary N) is 2. The van der Waals surface area contributed by atoms with Crippen molar-refractivity contribution in [2.75, 3.05) is 13.2 Å². The van der Waals surface area contributed by atoms with Gasteiger partial charge in [0.05, 0.1) is 12.1 Å². The van der Waals surface area contributed by atoms with Crippen LogP contribution in [0.15, 0.2) is 0 Å². The molecule has 0 aromatic heterocycles. The summed E-state index contributed by atoms with van der Waals surface area (Å²) in [4.78, 5) is 11.5. The van der Waals surface area contributed by atoms with E-state index in [9.17, 15) is 4.79 Å². The molecule has 0 unspecified atom stereocenters. The Morgan fingerprint density at radius 1 is 1.54 bits per heavy atom. The number of carbonyl (C=O) groups excluding carboxylic acids is 1. The van der Waals surface area contributed by atoms with Crippen LogP contribution in [-0.4, -0.2) is 35.7 Å². The molecule has 13 heavy (non-hydrogen) atoms. The lowest BCUT2D eigenvalue weighted by molar-refractivity contribution is -0.127. The number of rotatable bonds is 5. The van der Waals surface area contributed by atoms with Gasteiger partial charge in [0.15, 0.2) is 0 Å². The van der Waals surface area contributed by atoms with E-state index in [0.717, 1.165) is 6.54 Å². The predicted molar refractivity (Wildman–Crippen MR) is 52.4 cm³/mol. The summed E-state index contributed by atoms with van der Waals surface area (Å²) in [5.74, 6) is -0.0871. The monoisotopic (exact) mass is 188 g/mol. The van der Waals surface area contributed by atoms with Crippen molar-refractivity contribution in [3.05, 3.63) is 0 Å². The highest BCUT2D eigenvalue weighted by Gasteiger charge is 2.26. The number of aliphatic hydroxyl groups is 1. The lowest BCUT2D eigenvalue weighted by Gasteiger charge is -2.26. The minimum absolute atomic E-state index is 0.0338. The maximum atomic E-state index is 11.5. The maximum Gasteiger partial charge on any atom is 0.240 e. The highest BCUT2D eigenvalue weighted by molar-refractivity contribution is 5.85. The molecule has 78 valence electrons. The molecule has 0 aliphatic carbocycles. The molecule has 0 aromatic carbocycles. The molecule has 0 heterocycles. The minimum atomic E-state index is -0.571. The molecule has 1 atom stereocenters. The first-order chi connectivity index (χ1) is 5.94. The molecule has 0 radical (unpaired) electrons. The zero-order valence-electron chi connectivity index (χ0n) is 8.85. The maximum absolute atomic E-state index is 11.5. The van der Waals surface area contributed by atoms with E-state index in [0.29, 0.717) is 0 Å². The smallest absolute Gasteiger partial charge is 0.240 e. The van der Waals surface area contributed by atoms with Crippen LogP contribution in [0.1, 0.15) is 27.7 Å². The van der Waals surface area contributed by atoms with Crippen molar-refractivity contribution in [1.29, 1.82) is 0 Å². The molecule has 0 spiro atoms. The molecule has 0 bridgehead atoms. The van der Waals surface area contributed by atoms with E-state index in [1.54, 1.807) is 6.92 Å². The van der Waals surface area contributed by atoms with E-state index in [2.05, 4.69) is 10.6 Å². The molecule has 0 rings (SSSR count). The van der Waals surface area contributed by atoms with Gasteiger partial charge in [-0.3, -0.25) is 4.79 Å². The average Bonchev–Trinajstić information content (AvgIpc) is 2.04. The van der Waals surface area contributed by atoms with Crippen LogP contribution in [0, 0.1) is 0 Å². The van der Waals surface area contributed by atoms with Gasteiger partial charge in [0, 0.05) is 6.04 Å². The van der Waals surface area contributed by atoms with Gasteiger partial charge in [0.2, 0.25) is 5.91 Å². The first kappa shape index (κ1) is 12.4. The van der Waals surface area contributed by atoms with Crippen LogP contribution in [0.5, 0.6) is 0 Å². The number of carbonyl (C=O) groups is 1. The summed E-state index contributed by atoms with van der Waals surface area (Å²) in [6.45, 7) is 8.05. The molecular weight excluding hydrogens is 168 g/mol. The Hall–Kier alpha value is -0.610. The van der Waals surface area contributed by atoms with Gasteiger partial charge in [-0.15, -0.1) is 0 Å². The molecule has 0 aromatic rings. The van der Waals surface area contributed by atoms with Crippen molar-refractivity contribution < 1.29 is 9.90 Å². The van der Waals surface area contributed by atoms with Crippen LogP contribution >= 0.6 is 0 Å². The molecule has 0 saturated carbocycles. The Kier molecular flexibility index (Phi) is 4.95. The zero-order valence-corrected chi connectivity index (χ0v) is 8.85. The number of amides is 1. The summed E-state index contributed by atoms with van der Waals surface area (Å²) in [5, 5.41) is 14.5. The van der Waals surface area contributed by atoms with Crippen molar-refractivity contribution in [3.8, 4) is 0 Å². The number of likely N-dealkylation sites (N-methyl/N-ethyl adjacent to an activating group) is 1. The van der Waals surface area contributed by atoms with E-state index in [1.807, 2.05) is 20.8 Å². The quantitative estimate of drug-likeness (QED) is 0.563. The summed E-state index contributed by atoms with van der Waals surface area (Å²) in [6, 6.07) is -0.189. The Bertz CT molecular complexity index is 169. The average molecular weight is 188 g/mol. The minimum Gasteiger partial charge on any atom is -0.394 e. The van der Waals surface area contributed by atoms with Gasteiger partial charge in [0.25, 0.3) is 0 Å². The van der Waals surface area contributed by atoms with Gasteiger partial charge in [-0.25, -0.2) is 0 Å². The molecule has 4 heteroatoms. The fourth-order valence-corrected chi connectivity index (χ4v) is 0.972. The SMILES string of the molecule is CCNC(C)(C)C(=O)N[C@@H](C)CO. The third-order valence-electron chi connectivity index (χ3n) is 1.84. The lowest BCUT2D eigenvalue weighted by atomic mass is 10.0. The number of hydrogen-bond donors (Lipinski definition) is 3. The Morgan fingerprint density at radius 2 is 2.08 bits per heavy atom. The van der Waals surface area contributed by atoms with Crippen LogP contribution in [0.3, 0.4) is 0 Å². The third kappa shape index (κ3) is 4.24. The van der Waals surface area contributed by atoms with Crippen LogP contribution in [0.2, 0.25) is 0 Å². The van der Waals surface area contributed by atoms with Crippen molar-refractivity contribution >= 4 is 5.91 Å². The fraction of sp³-hybridized carbons (Fsp3) is 0.889. The van der Waals surface area contributed by atoms with Gasteiger partial charge in [0.1, 0.15) is 0 Å². The van der Waals surface area contributed by atoms with Gasteiger partial charge >= 0.3 is 0 Å². The van der Waals surface area contributed by atoms with E-state index in [-0.39, 0.29) is 18.6 Å². The van der Waals surface area contributed by atoms with Gasteiger partial charge in [-0.2, -0.15) is 0 Å². The van der Waals surface area contributed by atoms with E-state index < -0.39 is 5.54 Å². The molecule has 3 N–H and O–H groups in total. The summed E-state index contributed by atoms with van der Waals surface area (Å²) >= 11 is 0. The second-order valence-electron chi connectivity index (χ2n) is 3.71. The van der Waals surface area contributed by atoms with Crippen LogP contribution in [0.25, 0.3) is 0 Å². The van der Waals surface area contributed by atoms with Crippen molar-refractivity contribution in [3.63, 3.8) is 0 Å². The van der Waals surface area contributed by atoms with Crippen LogP contribution in [0.4, 0.5) is 0 Å². The second-order valence-corrected chi connectivity index (χ2v) is 3.71. The van der Waals surface area contributed by atoms with Crippen LogP contribution < -0.4 is 10.6 Å². The van der Waals surface area contributed by atoms with Crippen molar-refractivity contribution in [2.45, 2.75) is 39.3 Å². The van der Waals surface area contributed by atoms with Gasteiger partial charge in [-0.1, -0.05) is 6.92 Å². The Morgan fingerprint density at radius 3 is 2.46 bits per heavy atom. The van der Waals surface area contributed by atoms with E-state index >= 15 is 0 Å². The number of hydrogen-bond acceptors (Lipinski definition) is 3. The Balaban J connectivity index is 4.08. The predicted octanol–water partition coefficient (Wildman–Crippen LogP) is -0.128. The van der Waals surface area contributed by atoms with Crippen molar-refractivity contribution in [1.82, 2.24) is 10.6 Å². The molecule has 0 saturated heterocycles. The highest BCUT2D eigenvalue weighted by atomic mass is 16.3. The van der Waals surface area contributed by atoms with E-state index in [1.165, 1.54) is 0 Å². The molecule has 1 amide bonds. The topological polar surface area (TPSA) is 61.4 Å².